The second-order valence-electron chi connectivity index (χ2n) is 5.15. The molecule has 1 fully saturated rings. The fraction of sp³-hybridized carbons (Fsp3) is 0.375. The third kappa shape index (κ3) is 4.72. The Balaban J connectivity index is 2.08. The first kappa shape index (κ1) is 15.3. The number of carboxylic acids is 1. The Bertz CT molecular complexity index is 559. The van der Waals surface area contributed by atoms with Gasteiger partial charge in [-0.15, -0.1) is 0 Å². The van der Waals surface area contributed by atoms with Gasteiger partial charge < -0.3 is 15.2 Å². The fourth-order valence-corrected chi connectivity index (χ4v) is 2.32. The monoisotopic (exact) mass is 289 g/mol. The SMILES string of the molecule is Cc1cc(/C=C/C(=O)O)cc(NC(=O)C2CCCCO2)c1. The van der Waals surface area contributed by atoms with E-state index in [1.54, 1.807) is 6.07 Å². The molecule has 2 N–H and O–H groups in total. The van der Waals surface area contributed by atoms with E-state index in [-0.39, 0.29) is 5.91 Å². The molecule has 0 saturated carbocycles. The van der Waals surface area contributed by atoms with Crippen LogP contribution in [0.2, 0.25) is 0 Å². The molecule has 1 aliphatic heterocycles. The van der Waals surface area contributed by atoms with Crippen LogP contribution in [0.15, 0.2) is 24.3 Å². The zero-order valence-electron chi connectivity index (χ0n) is 12.0. The standard InChI is InChI=1S/C16H19NO4/c1-11-8-12(5-6-15(18)19)10-13(9-11)17-16(20)14-4-2-3-7-21-14/h5-6,8-10,14H,2-4,7H2,1H3,(H,17,20)(H,18,19)/b6-5+. The van der Waals surface area contributed by atoms with Gasteiger partial charge in [0.2, 0.25) is 0 Å². The molecular weight excluding hydrogens is 270 g/mol. The minimum Gasteiger partial charge on any atom is -0.478 e. The van der Waals surface area contributed by atoms with Crippen LogP contribution in [0.1, 0.15) is 30.4 Å². The molecule has 1 aromatic carbocycles. The van der Waals surface area contributed by atoms with E-state index in [2.05, 4.69) is 5.32 Å². The molecule has 0 aromatic heterocycles. The first-order valence-electron chi connectivity index (χ1n) is 7.00. The van der Waals surface area contributed by atoms with Gasteiger partial charge in [0.05, 0.1) is 0 Å². The second kappa shape index (κ2) is 7.04. The number of amides is 1. The molecule has 5 nitrogen and oxygen atoms in total. The average Bonchev–Trinajstić information content (AvgIpc) is 2.45. The van der Waals surface area contributed by atoms with Crippen molar-refractivity contribution in [2.75, 3.05) is 11.9 Å². The molecule has 5 heteroatoms. The quantitative estimate of drug-likeness (QED) is 0.835. The molecule has 1 aromatic rings. The number of ether oxygens (including phenoxy) is 1. The van der Waals surface area contributed by atoms with Gasteiger partial charge in [-0.3, -0.25) is 4.79 Å². The smallest absolute Gasteiger partial charge is 0.328 e. The van der Waals surface area contributed by atoms with Crippen molar-refractivity contribution >= 4 is 23.6 Å². The van der Waals surface area contributed by atoms with Crippen molar-refractivity contribution in [3.8, 4) is 0 Å². The van der Waals surface area contributed by atoms with Crippen molar-refractivity contribution in [3.63, 3.8) is 0 Å². The number of hydrogen-bond acceptors (Lipinski definition) is 3. The van der Waals surface area contributed by atoms with Crippen LogP contribution in [0.5, 0.6) is 0 Å². The lowest BCUT2D eigenvalue weighted by Crippen LogP contribution is -2.33. The molecule has 2 rings (SSSR count). The number of aliphatic carboxylic acids is 1. The van der Waals surface area contributed by atoms with E-state index in [4.69, 9.17) is 9.84 Å². The van der Waals surface area contributed by atoms with Crippen molar-refractivity contribution in [2.24, 2.45) is 0 Å². The molecule has 0 radical (unpaired) electrons. The third-order valence-corrected chi connectivity index (χ3v) is 3.26. The van der Waals surface area contributed by atoms with Crippen molar-refractivity contribution in [2.45, 2.75) is 32.3 Å². The van der Waals surface area contributed by atoms with E-state index in [0.29, 0.717) is 12.3 Å². The minimum atomic E-state index is -1.00. The maximum absolute atomic E-state index is 12.1. The predicted octanol–water partition coefficient (Wildman–Crippen LogP) is 2.60. The highest BCUT2D eigenvalue weighted by Gasteiger charge is 2.21. The summed E-state index contributed by atoms with van der Waals surface area (Å²) in [5.74, 6) is -1.15. The lowest BCUT2D eigenvalue weighted by Gasteiger charge is -2.21. The van der Waals surface area contributed by atoms with Gasteiger partial charge in [-0.05, 0) is 55.5 Å². The summed E-state index contributed by atoms with van der Waals surface area (Å²) in [4.78, 5) is 22.7. The van der Waals surface area contributed by atoms with Gasteiger partial charge in [0, 0.05) is 18.4 Å². The van der Waals surface area contributed by atoms with E-state index >= 15 is 0 Å². The highest BCUT2D eigenvalue weighted by Crippen LogP contribution is 2.18. The van der Waals surface area contributed by atoms with Crippen LogP contribution in [0.4, 0.5) is 5.69 Å². The molecular formula is C16H19NO4. The van der Waals surface area contributed by atoms with E-state index < -0.39 is 12.1 Å². The van der Waals surface area contributed by atoms with Gasteiger partial charge in [-0.2, -0.15) is 0 Å². The summed E-state index contributed by atoms with van der Waals surface area (Å²) in [6.07, 6.45) is 4.92. The highest BCUT2D eigenvalue weighted by molar-refractivity contribution is 5.94. The highest BCUT2D eigenvalue weighted by atomic mass is 16.5. The fourth-order valence-electron chi connectivity index (χ4n) is 2.32. The Hall–Kier alpha value is -2.14. The lowest BCUT2D eigenvalue weighted by molar-refractivity contribution is -0.131. The summed E-state index contributed by atoms with van der Waals surface area (Å²) in [6.45, 7) is 2.52. The van der Waals surface area contributed by atoms with Crippen LogP contribution < -0.4 is 5.32 Å². The molecule has 0 bridgehead atoms. The first-order valence-corrected chi connectivity index (χ1v) is 7.00. The van der Waals surface area contributed by atoms with Crippen LogP contribution in [-0.2, 0) is 14.3 Å². The Morgan fingerprint density at radius 3 is 2.81 bits per heavy atom. The second-order valence-corrected chi connectivity index (χ2v) is 5.15. The Kier molecular flexibility index (Phi) is 5.11. The van der Waals surface area contributed by atoms with Gasteiger partial charge in [0.15, 0.2) is 0 Å². The van der Waals surface area contributed by atoms with Gasteiger partial charge in [-0.1, -0.05) is 6.07 Å². The molecule has 0 aliphatic carbocycles. The maximum Gasteiger partial charge on any atom is 0.328 e. The van der Waals surface area contributed by atoms with Crippen molar-refractivity contribution in [3.05, 3.63) is 35.4 Å². The van der Waals surface area contributed by atoms with Crippen LogP contribution in [0.25, 0.3) is 6.08 Å². The van der Waals surface area contributed by atoms with Gasteiger partial charge in [-0.25, -0.2) is 4.79 Å². The summed E-state index contributed by atoms with van der Waals surface area (Å²) < 4.78 is 5.45. The number of aryl methyl sites for hydroxylation is 1. The van der Waals surface area contributed by atoms with Crippen LogP contribution in [0.3, 0.4) is 0 Å². The zero-order valence-corrected chi connectivity index (χ0v) is 12.0. The van der Waals surface area contributed by atoms with E-state index in [9.17, 15) is 9.59 Å². The predicted molar refractivity (Wildman–Crippen MR) is 80.1 cm³/mol. The van der Waals surface area contributed by atoms with Crippen LogP contribution in [0, 0.1) is 6.92 Å². The zero-order chi connectivity index (χ0) is 15.2. The summed E-state index contributed by atoms with van der Waals surface area (Å²) in [6, 6.07) is 5.44. The topological polar surface area (TPSA) is 75.6 Å². The first-order chi connectivity index (χ1) is 10.0. The Morgan fingerprint density at radius 1 is 1.33 bits per heavy atom. The number of benzene rings is 1. The van der Waals surface area contributed by atoms with Crippen molar-refractivity contribution < 1.29 is 19.4 Å². The number of carbonyl (C=O) groups excluding carboxylic acids is 1. The van der Waals surface area contributed by atoms with Crippen molar-refractivity contribution in [1.82, 2.24) is 0 Å². The number of nitrogens with one attached hydrogen (secondary N) is 1. The summed E-state index contributed by atoms with van der Waals surface area (Å²) >= 11 is 0. The largest absolute Gasteiger partial charge is 0.478 e. The van der Waals surface area contributed by atoms with Gasteiger partial charge in [0.1, 0.15) is 6.10 Å². The normalized spacial score (nSPS) is 18.6. The molecule has 1 aliphatic rings. The summed E-state index contributed by atoms with van der Waals surface area (Å²) in [7, 11) is 0. The Morgan fingerprint density at radius 2 is 2.14 bits per heavy atom. The number of rotatable bonds is 4. The molecule has 1 heterocycles. The summed E-state index contributed by atoms with van der Waals surface area (Å²) in [5.41, 5.74) is 2.33. The molecule has 21 heavy (non-hydrogen) atoms. The van der Waals surface area contributed by atoms with E-state index in [1.165, 1.54) is 6.08 Å². The molecule has 1 amide bonds. The van der Waals surface area contributed by atoms with Gasteiger partial charge in [0.25, 0.3) is 5.91 Å². The number of anilines is 1. The minimum absolute atomic E-state index is 0.145. The molecule has 1 atom stereocenters. The average molecular weight is 289 g/mol. The molecule has 1 saturated heterocycles. The van der Waals surface area contributed by atoms with Gasteiger partial charge >= 0.3 is 5.97 Å². The summed E-state index contributed by atoms with van der Waals surface area (Å²) in [5, 5.41) is 11.5. The number of hydrogen-bond donors (Lipinski definition) is 2. The molecule has 1 unspecified atom stereocenters. The molecule has 0 spiro atoms. The maximum atomic E-state index is 12.1. The van der Waals surface area contributed by atoms with Crippen molar-refractivity contribution in [1.29, 1.82) is 0 Å². The van der Waals surface area contributed by atoms with E-state index in [1.807, 2.05) is 19.1 Å². The molecule has 112 valence electrons. The third-order valence-electron chi connectivity index (χ3n) is 3.26. The lowest BCUT2D eigenvalue weighted by atomic mass is 10.1. The Labute approximate surface area is 123 Å². The number of carboxylic acid groups (broad SMARTS) is 1. The van der Waals surface area contributed by atoms with E-state index in [0.717, 1.165) is 36.5 Å². The number of carbonyl (C=O) groups is 2. The van der Waals surface area contributed by atoms with Crippen LogP contribution >= 0.6 is 0 Å². The van der Waals surface area contributed by atoms with Crippen LogP contribution in [-0.4, -0.2) is 29.7 Å².